The Balaban J connectivity index is 2.03. The largest absolute Gasteiger partial charge is 0.481 e. The number of hydrogen-bond acceptors (Lipinski definition) is 3. The quantitative estimate of drug-likeness (QED) is 0.839. The molecule has 1 aliphatic heterocycles. The van der Waals surface area contributed by atoms with Gasteiger partial charge in [-0.3, -0.25) is 4.79 Å². The van der Waals surface area contributed by atoms with Crippen molar-refractivity contribution in [3.8, 4) is 0 Å². The van der Waals surface area contributed by atoms with Crippen molar-refractivity contribution in [3.05, 3.63) is 35.4 Å². The van der Waals surface area contributed by atoms with Gasteiger partial charge in [0.05, 0.1) is 26.2 Å². The van der Waals surface area contributed by atoms with Gasteiger partial charge in [0.25, 0.3) is 0 Å². The second-order valence-electron chi connectivity index (χ2n) is 3.75. The van der Waals surface area contributed by atoms with Crippen LogP contribution in [0.5, 0.6) is 0 Å². The zero-order valence-electron chi connectivity index (χ0n) is 8.89. The molecule has 1 saturated heterocycles. The van der Waals surface area contributed by atoms with E-state index in [-0.39, 0.29) is 12.5 Å². The first-order chi connectivity index (χ1) is 7.75. The van der Waals surface area contributed by atoms with E-state index >= 15 is 0 Å². The summed E-state index contributed by atoms with van der Waals surface area (Å²) in [6, 6.07) is 7.44. The third-order valence-electron chi connectivity index (χ3n) is 2.52. The highest BCUT2D eigenvalue weighted by Gasteiger charge is 2.16. The molecule has 4 heteroatoms. The van der Waals surface area contributed by atoms with Crippen LogP contribution in [0.3, 0.4) is 0 Å². The highest BCUT2D eigenvalue weighted by Crippen LogP contribution is 2.21. The third-order valence-corrected chi connectivity index (χ3v) is 2.52. The van der Waals surface area contributed by atoms with Crippen LogP contribution in [0.2, 0.25) is 0 Å². The Hall–Kier alpha value is -1.39. The zero-order valence-corrected chi connectivity index (χ0v) is 8.89. The van der Waals surface area contributed by atoms with Gasteiger partial charge in [0, 0.05) is 0 Å². The van der Waals surface area contributed by atoms with E-state index in [0.717, 1.165) is 11.1 Å². The van der Waals surface area contributed by atoms with Crippen LogP contribution in [-0.2, 0) is 20.7 Å². The number of benzene rings is 1. The highest BCUT2D eigenvalue weighted by atomic mass is 16.6. The summed E-state index contributed by atoms with van der Waals surface area (Å²) in [7, 11) is 0. The molecule has 1 heterocycles. The van der Waals surface area contributed by atoms with E-state index in [4.69, 9.17) is 14.6 Å². The van der Waals surface area contributed by atoms with Gasteiger partial charge >= 0.3 is 5.97 Å². The average molecular weight is 222 g/mol. The van der Waals surface area contributed by atoms with Crippen molar-refractivity contribution in [1.29, 1.82) is 0 Å². The van der Waals surface area contributed by atoms with Gasteiger partial charge in [0.15, 0.2) is 0 Å². The molecule has 1 unspecified atom stereocenters. The molecule has 0 bridgehead atoms. The number of hydrogen-bond donors (Lipinski definition) is 1. The summed E-state index contributed by atoms with van der Waals surface area (Å²) in [4.78, 5) is 10.5. The maximum Gasteiger partial charge on any atom is 0.307 e. The van der Waals surface area contributed by atoms with Crippen molar-refractivity contribution in [2.45, 2.75) is 12.5 Å². The van der Waals surface area contributed by atoms with E-state index in [9.17, 15) is 4.79 Å². The Kier molecular flexibility index (Phi) is 3.54. The van der Waals surface area contributed by atoms with Crippen LogP contribution >= 0.6 is 0 Å². The number of aliphatic carboxylic acids is 1. The second kappa shape index (κ2) is 5.09. The smallest absolute Gasteiger partial charge is 0.307 e. The SMILES string of the molecule is O=C(O)Cc1ccc(C2COCCO2)cc1. The molecule has 1 aliphatic rings. The van der Waals surface area contributed by atoms with Crippen molar-refractivity contribution in [2.75, 3.05) is 19.8 Å². The lowest BCUT2D eigenvalue weighted by Crippen LogP contribution is -2.21. The van der Waals surface area contributed by atoms with E-state index in [0.29, 0.717) is 19.8 Å². The topological polar surface area (TPSA) is 55.8 Å². The minimum absolute atomic E-state index is 0.0207. The van der Waals surface area contributed by atoms with E-state index in [1.54, 1.807) is 0 Å². The number of carboxylic acids is 1. The van der Waals surface area contributed by atoms with Crippen LogP contribution in [0.25, 0.3) is 0 Å². The highest BCUT2D eigenvalue weighted by molar-refractivity contribution is 5.70. The molecule has 0 saturated carbocycles. The second-order valence-corrected chi connectivity index (χ2v) is 3.75. The Morgan fingerprint density at radius 3 is 2.62 bits per heavy atom. The monoisotopic (exact) mass is 222 g/mol. The van der Waals surface area contributed by atoms with Crippen molar-refractivity contribution in [3.63, 3.8) is 0 Å². The molecule has 0 aromatic heterocycles. The zero-order chi connectivity index (χ0) is 11.4. The van der Waals surface area contributed by atoms with Crippen LogP contribution in [0.4, 0.5) is 0 Å². The summed E-state index contributed by atoms with van der Waals surface area (Å²) in [5.74, 6) is -0.815. The Morgan fingerprint density at radius 1 is 1.31 bits per heavy atom. The molecule has 0 spiro atoms. The summed E-state index contributed by atoms with van der Waals surface area (Å²) in [5.41, 5.74) is 1.84. The molecule has 4 nitrogen and oxygen atoms in total. The van der Waals surface area contributed by atoms with E-state index in [1.807, 2.05) is 24.3 Å². The Bertz CT molecular complexity index is 352. The molecule has 16 heavy (non-hydrogen) atoms. The van der Waals surface area contributed by atoms with E-state index in [2.05, 4.69) is 0 Å². The Labute approximate surface area is 93.8 Å². The molecule has 1 N–H and O–H groups in total. The van der Waals surface area contributed by atoms with Crippen LogP contribution < -0.4 is 0 Å². The third kappa shape index (κ3) is 2.81. The maximum atomic E-state index is 10.5. The fourth-order valence-corrected chi connectivity index (χ4v) is 1.70. The molecule has 0 amide bonds. The molecule has 1 aromatic rings. The van der Waals surface area contributed by atoms with Crippen LogP contribution in [0.1, 0.15) is 17.2 Å². The minimum atomic E-state index is -0.815. The minimum Gasteiger partial charge on any atom is -0.481 e. The van der Waals surface area contributed by atoms with Crippen molar-refractivity contribution < 1.29 is 19.4 Å². The normalized spacial score (nSPS) is 20.6. The predicted molar refractivity (Wildman–Crippen MR) is 57.3 cm³/mol. The van der Waals surface area contributed by atoms with Crippen molar-refractivity contribution in [2.24, 2.45) is 0 Å². The first-order valence-electron chi connectivity index (χ1n) is 5.25. The van der Waals surface area contributed by atoms with Crippen molar-refractivity contribution in [1.82, 2.24) is 0 Å². The van der Waals surface area contributed by atoms with E-state index < -0.39 is 5.97 Å². The first kappa shape index (κ1) is 11.1. The summed E-state index contributed by atoms with van der Waals surface area (Å²) in [5, 5.41) is 8.64. The summed E-state index contributed by atoms with van der Waals surface area (Å²) < 4.78 is 10.9. The van der Waals surface area contributed by atoms with Crippen LogP contribution in [0.15, 0.2) is 24.3 Å². The standard InChI is InChI=1S/C12H14O4/c13-12(14)7-9-1-3-10(4-2-9)11-8-15-5-6-16-11/h1-4,11H,5-8H2,(H,13,14). The molecule has 2 rings (SSSR count). The summed E-state index contributed by atoms with van der Waals surface area (Å²) >= 11 is 0. The summed E-state index contributed by atoms with van der Waals surface area (Å²) in [6.07, 6.45) is 0.0371. The molecular weight excluding hydrogens is 208 g/mol. The maximum absolute atomic E-state index is 10.5. The Morgan fingerprint density at radius 2 is 2.06 bits per heavy atom. The fourth-order valence-electron chi connectivity index (χ4n) is 1.70. The van der Waals surface area contributed by atoms with Gasteiger partial charge in [-0.05, 0) is 11.1 Å². The number of carbonyl (C=O) groups is 1. The lowest BCUT2D eigenvalue weighted by Gasteiger charge is -2.23. The van der Waals surface area contributed by atoms with Crippen molar-refractivity contribution >= 4 is 5.97 Å². The van der Waals surface area contributed by atoms with Gasteiger partial charge < -0.3 is 14.6 Å². The van der Waals surface area contributed by atoms with Gasteiger partial charge in [-0.2, -0.15) is 0 Å². The van der Waals surface area contributed by atoms with Crippen LogP contribution in [-0.4, -0.2) is 30.9 Å². The van der Waals surface area contributed by atoms with Gasteiger partial charge in [-0.1, -0.05) is 24.3 Å². The molecule has 1 atom stereocenters. The predicted octanol–water partition coefficient (Wildman–Crippen LogP) is 1.40. The van der Waals surface area contributed by atoms with E-state index in [1.165, 1.54) is 0 Å². The summed E-state index contributed by atoms with van der Waals surface area (Å²) in [6.45, 7) is 1.83. The van der Waals surface area contributed by atoms with Gasteiger partial charge in [-0.15, -0.1) is 0 Å². The average Bonchev–Trinajstić information content (AvgIpc) is 2.30. The fraction of sp³-hybridized carbons (Fsp3) is 0.417. The lowest BCUT2D eigenvalue weighted by molar-refractivity contribution is -0.136. The van der Waals surface area contributed by atoms with Gasteiger partial charge in [-0.25, -0.2) is 0 Å². The molecule has 0 aliphatic carbocycles. The molecular formula is C12H14O4. The number of carboxylic acid groups (broad SMARTS) is 1. The molecule has 1 aromatic carbocycles. The number of ether oxygens (including phenoxy) is 2. The first-order valence-corrected chi connectivity index (χ1v) is 5.25. The molecule has 1 fully saturated rings. The van der Waals surface area contributed by atoms with Gasteiger partial charge in [0.2, 0.25) is 0 Å². The lowest BCUT2D eigenvalue weighted by atomic mass is 10.1. The molecule has 0 radical (unpaired) electrons. The molecule has 86 valence electrons. The van der Waals surface area contributed by atoms with Crippen LogP contribution in [0, 0.1) is 0 Å². The van der Waals surface area contributed by atoms with Gasteiger partial charge in [0.1, 0.15) is 6.10 Å². The number of rotatable bonds is 3.